The fraction of sp³-hybridized carbons (Fsp3) is 0.250. The molecule has 24 heavy (non-hydrogen) atoms. The van der Waals surface area contributed by atoms with Gasteiger partial charge in [-0.15, -0.1) is 9.36 Å². The summed E-state index contributed by atoms with van der Waals surface area (Å²) >= 11 is 0. The van der Waals surface area contributed by atoms with E-state index in [1.807, 2.05) is 6.07 Å². The minimum absolute atomic E-state index is 0.422. The van der Waals surface area contributed by atoms with Crippen LogP contribution in [0.15, 0.2) is 18.3 Å². The largest absolute Gasteiger partial charge is 0.250 e. The highest BCUT2D eigenvalue weighted by molar-refractivity contribution is 5.99. The van der Waals surface area contributed by atoms with E-state index in [0.29, 0.717) is 11.4 Å². The fourth-order valence-electron chi connectivity index (χ4n) is 3.83. The Hall–Kier alpha value is -3.11. The summed E-state index contributed by atoms with van der Waals surface area (Å²) in [6.07, 6.45) is 2.08. The number of hydrogen-bond acceptors (Lipinski definition) is 0. The van der Waals surface area contributed by atoms with Gasteiger partial charge in [0.15, 0.2) is 12.2 Å². The molecule has 4 nitrogen and oxygen atoms in total. The van der Waals surface area contributed by atoms with Crippen LogP contribution < -0.4 is 4.68 Å². The molecule has 4 rings (SSSR count). The van der Waals surface area contributed by atoms with E-state index in [2.05, 4.69) is 52.9 Å². The van der Waals surface area contributed by atoms with Crippen molar-refractivity contribution < 1.29 is 4.68 Å². The Balaban J connectivity index is 2.21. The fourth-order valence-corrected chi connectivity index (χ4v) is 3.83. The number of fused-ring (bicyclic) bond motifs is 5. The summed E-state index contributed by atoms with van der Waals surface area (Å²) in [6.45, 7) is 24.4. The van der Waals surface area contributed by atoms with Crippen LogP contribution in [-0.2, 0) is 6.54 Å². The topological polar surface area (TPSA) is 17.5 Å². The van der Waals surface area contributed by atoms with E-state index in [9.17, 15) is 0 Å². The molecule has 2 aromatic carbocycles. The number of rotatable bonds is 0. The number of hydrogen-bond donors (Lipinski definition) is 0. The first-order valence-electron chi connectivity index (χ1n) is 7.92. The first-order valence-corrected chi connectivity index (χ1v) is 7.92. The third-order valence-electron chi connectivity index (χ3n) is 5.46. The molecule has 0 unspecified atom stereocenters. The molecule has 2 heterocycles. The molecule has 0 aliphatic carbocycles. The molecular weight excluding hydrogens is 296 g/mol. The molecule has 116 valence electrons. The van der Waals surface area contributed by atoms with Crippen molar-refractivity contribution in [3.05, 3.63) is 69.0 Å². The first kappa shape index (κ1) is 14.5. The Bertz CT molecular complexity index is 1130. The summed E-state index contributed by atoms with van der Waals surface area (Å²) < 4.78 is 4.30. The van der Waals surface area contributed by atoms with Gasteiger partial charge in [-0.3, -0.25) is 4.85 Å². The maximum absolute atomic E-state index is 7.59. The van der Waals surface area contributed by atoms with Crippen molar-refractivity contribution in [1.82, 2.24) is 4.68 Å². The second kappa shape index (κ2) is 4.69. The molecule has 0 saturated carbocycles. The number of nitrogens with zero attached hydrogens (tertiary/aromatic N) is 4. The third kappa shape index (κ3) is 1.58. The molecule has 1 aliphatic rings. The van der Waals surface area contributed by atoms with E-state index in [0.717, 1.165) is 17.4 Å². The Morgan fingerprint density at radius 3 is 2.33 bits per heavy atom. The van der Waals surface area contributed by atoms with Crippen LogP contribution in [-0.4, -0.2) is 4.68 Å². The van der Waals surface area contributed by atoms with Crippen molar-refractivity contribution in [3.63, 3.8) is 0 Å². The molecule has 0 atom stereocenters. The lowest BCUT2D eigenvalue weighted by molar-refractivity contribution is -0.749. The maximum atomic E-state index is 7.59. The van der Waals surface area contributed by atoms with Gasteiger partial charge in [0.2, 0.25) is 11.9 Å². The van der Waals surface area contributed by atoms with Gasteiger partial charge in [-0.05, 0) is 49.9 Å². The molecule has 0 bridgehead atoms. The zero-order chi connectivity index (χ0) is 17.2. The van der Waals surface area contributed by atoms with Crippen LogP contribution in [0.4, 0.5) is 11.4 Å². The van der Waals surface area contributed by atoms with Gasteiger partial charge in [-0.2, -0.15) is 0 Å². The predicted octanol–water partition coefficient (Wildman–Crippen LogP) is 4.61. The van der Waals surface area contributed by atoms with E-state index in [1.54, 1.807) is 6.07 Å². The molecule has 0 saturated heterocycles. The van der Waals surface area contributed by atoms with Crippen LogP contribution in [0.1, 0.15) is 27.8 Å². The summed E-state index contributed by atoms with van der Waals surface area (Å²) in [7, 11) is 0. The van der Waals surface area contributed by atoms with Gasteiger partial charge < -0.3 is 0 Å². The first-order chi connectivity index (χ1) is 11.5. The van der Waals surface area contributed by atoms with Gasteiger partial charge in [0.1, 0.15) is 11.2 Å². The van der Waals surface area contributed by atoms with Gasteiger partial charge in [-0.25, -0.2) is 4.85 Å². The SMILES string of the molecule is [C-]#[N+]c1ccc2c[n+]3n(c2c1[N+]#[C-])-c1c(C)c(C)c(C)c(C)c1C3. The van der Waals surface area contributed by atoms with Gasteiger partial charge >= 0.3 is 0 Å². The molecule has 4 heteroatoms. The van der Waals surface area contributed by atoms with Crippen molar-refractivity contribution in [1.29, 1.82) is 0 Å². The lowest BCUT2D eigenvalue weighted by atomic mass is 9.92. The summed E-state index contributed by atoms with van der Waals surface area (Å²) in [5.41, 5.74) is 9.43. The van der Waals surface area contributed by atoms with E-state index >= 15 is 0 Å². The van der Waals surface area contributed by atoms with Gasteiger partial charge in [0.05, 0.1) is 24.1 Å². The smallest absolute Gasteiger partial charge is 0.224 e. The number of benzene rings is 2. The highest BCUT2D eigenvalue weighted by atomic mass is 15.4. The number of aromatic nitrogens is 2. The molecule has 1 aromatic heterocycles. The molecule has 0 fully saturated rings. The monoisotopic (exact) mass is 313 g/mol. The molecule has 0 N–H and O–H groups in total. The zero-order valence-electron chi connectivity index (χ0n) is 14.2. The summed E-state index contributed by atoms with van der Waals surface area (Å²) in [5, 5.41) is 1.01. The Morgan fingerprint density at radius 1 is 0.958 bits per heavy atom. The molecule has 0 radical (unpaired) electrons. The van der Waals surface area contributed by atoms with Crippen molar-refractivity contribution in [2.45, 2.75) is 34.2 Å². The maximum Gasteiger partial charge on any atom is 0.224 e. The van der Waals surface area contributed by atoms with E-state index < -0.39 is 0 Å². The van der Waals surface area contributed by atoms with Crippen LogP contribution in [0.2, 0.25) is 0 Å². The Labute approximate surface area is 141 Å². The van der Waals surface area contributed by atoms with Crippen LogP contribution >= 0.6 is 0 Å². The molecule has 1 aliphatic heterocycles. The van der Waals surface area contributed by atoms with Crippen LogP contribution in [0.5, 0.6) is 0 Å². The van der Waals surface area contributed by atoms with E-state index in [1.165, 1.54) is 33.5 Å². The van der Waals surface area contributed by atoms with Crippen molar-refractivity contribution in [3.8, 4) is 5.69 Å². The third-order valence-corrected chi connectivity index (χ3v) is 5.46. The summed E-state index contributed by atoms with van der Waals surface area (Å²) in [4.78, 5) is 7.22. The quantitative estimate of drug-likeness (QED) is 0.333. The molecule has 3 aromatic rings. The average Bonchev–Trinajstić information content (AvgIpc) is 3.12. The van der Waals surface area contributed by atoms with Gasteiger partial charge in [-0.1, -0.05) is 12.1 Å². The average molecular weight is 313 g/mol. The minimum Gasteiger partial charge on any atom is -0.250 e. The zero-order valence-corrected chi connectivity index (χ0v) is 14.2. The highest BCUT2D eigenvalue weighted by Gasteiger charge is 2.34. The Morgan fingerprint density at radius 2 is 1.67 bits per heavy atom. The normalized spacial score (nSPS) is 11.9. The Kier molecular flexibility index (Phi) is 2.83. The van der Waals surface area contributed by atoms with E-state index in [-0.39, 0.29) is 0 Å². The second-order valence-electron chi connectivity index (χ2n) is 6.46. The lowest BCUT2D eigenvalue weighted by Gasteiger charge is -2.13. The van der Waals surface area contributed by atoms with E-state index in [4.69, 9.17) is 13.1 Å². The standard InChI is InChI=1S/C20H17N4/c1-11-12(2)14(4)19-16(13(11)3)10-23-9-15-7-8-17(21-5)18(22-6)20(15)24(19)23/h7-9H,10H2,1-4H3/q+1. The van der Waals surface area contributed by atoms with Gasteiger partial charge in [0.25, 0.3) is 0 Å². The second-order valence-corrected chi connectivity index (χ2v) is 6.46. The summed E-state index contributed by atoms with van der Waals surface area (Å²) in [6, 6.07) is 3.69. The highest BCUT2D eigenvalue weighted by Crippen LogP contribution is 2.40. The summed E-state index contributed by atoms with van der Waals surface area (Å²) in [5.74, 6) is 0. The minimum atomic E-state index is 0.422. The molecular formula is C20H17N4+. The molecule has 0 spiro atoms. The molecule has 0 amide bonds. The van der Waals surface area contributed by atoms with Crippen molar-refractivity contribution in [2.75, 3.05) is 0 Å². The lowest BCUT2D eigenvalue weighted by Crippen LogP contribution is -2.36. The van der Waals surface area contributed by atoms with Crippen LogP contribution in [0.25, 0.3) is 26.3 Å². The van der Waals surface area contributed by atoms with Crippen LogP contribution in [0.3, 0.4) is 0 Å². The van der Waals surface area contributed by atoms with Crippen molar-refractivity contribution >= 4 is 22.3 Å². The van der Waals surface area contributed by atoms with Gasteiger partial charge in [0, 0.05) is 0 Å². The van der Waals surface area contributed by atoms with Crippen molar-refractivity contribution in [2.24, 2.45) is 0 Å². The van der Waals surface area contributed by atoms with Crippen LogP contribution in [0, 0.1) is 40.8 Å². The predicted molar refractivity (Wildman–Crippen MR) is 94.0 cm³/mol.